The topological polar surface area (TPSA) is 88.5 Å². The molecule has 0 aliphatic heterocycles. The number of halogens is 1. The fourth-order valence-corrected chi connectivity index (χ4v) is 3.13. The molecule has 3 aromatic rings. The normalized spacial score (nSPS) is 10.9. The Morgan fingerprint density at radius 1 is 1.35 bits per heavy atom. The number of aromatic amines is 1. The number of nitrogens with one attached hydrogen (secondary N) is 2. The highest BCUT2D eigenvalue weighted by molar-refractivity contribution is 9.10. The highest BCUT2D eigenvalue weighted by atomic mass is 79.9. The van der Waals surface area contributed by atoms with E-state index in [0.717, 1.165) is 27.2 Å². The molecule has 0 unspecified atom stereocenters. The molecule has 0 aliphatic carbocycles. The summed E-state index contributed by atoms with van der Waals surface area (Å²) in [6.07, 6.45) is 0.192. The Labute approximate surface area is 158 Å². The summed E-state index contributed by atoms with van der Waals surface area (Å²) in [6.45, 7) is 4.47. The van der Waals surface area contributed by atoms with E-state index in [2.05, 4.69) is 31.3 Å². The zero-order valence-corrected chi connectivity index (χ0v) is 16.1. The first-order valence-electron chi connectivity index (χ1n) is 8.17. The highest BCUT2D eigenvalue weighted by Crippen LogP contribution is 2.17. The standard InChI is InChI=1S/C18H19BrN4O3/c1-11-15(12(2)23-16(21-11)10-18(25)22-23)9-17(24)20-6-7-26-14-5-3-4-13(19)8-14/h3-5,8,10H,6-7,9H2,1-2H3,(H,20,24)(H,22,25). The Hall–Kier alpha value is -2.61. The first-order chi connectivity index (χ1) is 12.4. The van der Waals surface area contributed by atoms with Crippen molar-refractivity contribution in [3.8, 4) is 5.75 Å². The molecule has 0 saturated heterocycles. The van der Waals surface area contributed by atoms with Crippen molar-refractivity contribution in [3.63, 3.8) is 0 Å². The van der Waals surface area contributed by atoms with Crippen LogP contribution in [0.5, 0.6) is 5.75 Å². The lowest BCUT2D eigenvalue weighted by Gasteiger charge is -2.12. The molecule has 1 amide bonds. The number of benzene rings is 1. The Bertz CT molecular complexity index is 1010. The molecule has 0 fully saturated rings. The number of aromatic nitrogens is 3. The summed E-state index contributed by atoms with van der Waals surface area (Å²) in [5, 5.41) is 5.52. The van der Waals surface area contributed by atoms with Gasteiger partial charge in [-0.25, -0.2) is 9.50 Å². The predicted molar refractivity (Wildman–Crippen MR) is 102 cm³/mol. The molecule has 0 aliphatic rings. The second-order valence-electron chi connectivity index (χ2n) is 5.91. The number of hydrogen-bond donors (Lipinski definition) is 2. The van der Waals surface area contributed by atoms with E-state index in [9.17, 15) is 9.59 Å². The summed E-state index contributed by atoms with van der Waals surface area (Å²) in [5.74, 6) is 0.622. The molecule has 2 aromatic heterocycles. The van der Waals surface area contributed by atoms with Crippen molar-refractivity contribution in [1.82, 2.24) is 19.9 Å². The van der Waals surface area contributed by atoms with Gasteiger partial charge in [-0.1, -0.05) is 22.0 Å². The number of hydrogen-bond acceptors (Lipinski definition) is 4. The van der Waals surface area contributed by atoms with Gasteiger partial charge in [-0.15, -0.1) is 0 Å². The average Bonchev–Trinajstić information content (AvgIpc) is 2.96. The predicted octanol–water partition coefficient (Wildman–Crippen LogP) is 2.14. The average molecular weight is 419 g/mol. The van der Waals surface area contributed by atoms with Crippen molar-refractivity contribution in [2.75, 3.05) is 13.2 Å². The lowest BCUT2D eigenvalue weighted by Crippen LogP contribution is -2.30. The third kappa shape index (κ3) is 4.13. The van der Waals surface area contributed by atoms with Crippen LogP contribution in [0.1, 0.15) is 17.0 Å². The van der Waals surface area contributed by atoms with Gasteiger partial charge in [-0.05, 0) is 32.0 Å². The maximum Gasteiger partial charge on any atom is 0.266 e. The molecule has 0 atom stereocenters. The van der Waals surface area contributed by atoms with Gasteiger partial charge in [0.1, 0.15) is 12.4 Å². The van der Waals surface area contributed by atoms with Crippen molar-refractivity contribution < 1.29 is 9.53 Å². The van der Waals surface area contributed by atoms with Gasteiger partial charge < -0.3 is 10.1 Å². The van der Waals surface area contributed by atoms with Gasteiger partial charge in [0, 0.05) is 27.5 Å². The Morgan fingerprint density at radius 2 is 2.15 bits per heavy atom. The molecule has 26 heavy (non-hydrogen) atoms. The number of H-pyrrole nitrogens is 1. The van der Waals surface area contributed by atoms with E-state index in [1.54, 1.807) is 4.52 Å². The Kier molecular flexibility index (Phi) is 5.41. The van der Waals surface area contributed by atoms with Gasteiger partial charge in [0.2, 0.25) is 5.91 Å². The minimum absolute atomic E-state index is 0.121. The van der Waals surface area contributed by atoms with Gasteiger partial charge in [0.15, 0.2) is 5.65 Å². The third-order valence-corrected chi connectivity index (χ3v) is 4.52. The van der Waals surface area contributed by atoms with E-state index in [1.165, 1.54) is 6.07 Å². The molecule has 2 heterocycles. The first kappa shape index (κ1) is 18.2. The SMILES string of the molecule is Cc1nc2cc(=O)[nH]n2c(C)c1CC(=O)NCCOc1cccc(Br)c1. The summed E-state index contributed by atoms with van der Waals surface area (Å²) < 4.78 is 8.14. The quantitative estimate of drug-likeness (QED) is 0.600. The number of carbonyl (C=O) groups excluding carboxylic acids is 1. The summed E-state index contributed by atoms with van der Waals surface area (Å²) in [5.41, 5.74) is 2.68. The fraction of sp³-hybridized carbons (Fsp3) is 0.278. The van der Waals surface area contributed by atoms with Crippen LogP contribution in [0.4, 0.5) is 0 Å². The van der Waals surface area contributed by atoms with Crippen molar-refractivity contribution in [2.24, 2.45) is 0 Å². The van der Waals surface area contributed by atoms with Crippen molar-refractivity contribution in [2.45, 2.75) is 20.3 Å². The van der Waals surface area contributed by atoms with Gasteiger partial charge in [-0.2, -0.15) is 0 Å². The van der Waals surface area contributed by atoms with Gasteiger partial charge in [0.25, 0.3) is 5.56 Å². The van der Waals surface area contributed by atoms with Gasteiger partial charge >= 0.3 is 0 Å². The van der Waals surface area contributed by atoms with E-state index in [0.29, 0.717) is 18.8 Å². The summed E-state index contributed by atoms with van der Waals surface area (Å²) in [7, 11) is 0. The summed E-state index contributed by atoms with van der Waals surface area (Å²) >= 11 is 3.38. The molecule has 0 spiro atoms. The minimum Gasteiger partial charge on any atom is -0.492 e. The van der Waals surface area contributed by atoms with Gasteiger partial charge in [-0.3, -0.25) is 14.7 Å². The molecule has 0 radical (unpaired) electrons. The lowest BCUT2D eigenvalue weighted by molar-refractivity contribution is -0.120. The number of nitrogens with zero attached hydrogens (tertiary/aromatic N) is 2. The largest absolute Gasteiger partial charge is 0.492 e. The first-order valence-corrected chi connectivity index (χ1v) is 8.96. The number of carbonyl (C=O) groups is 1. The monoisotopic (exact) mass is 418 g/mol. The number of fused-ring (bicyclic) bond motifs is 1. The summed E-state index contributed by atoms with van der Waals surface area (Å²) in [4.78, 5) is 28.1. The smallest absolute Gasteiger partial charge is 0.266 e. The molecular formula is C18H19BrN4O3. The van der Waals surface area contributed by atoms with Crippen LogP contribution in [0.2, 0.25) is 0 Å². The lowest BCUT2D eigenvalue weighted by atomic mass is 10.1. The second kappa shape index (κ2) is 7.74. The molecule has 7 nitrogen and oxygen atoms in total. The van der Waals surface area contributed by atoms with E-state index in [1.807, 2.05) is 38.1 Å². The molecule has 2 N–H and O–H groups in total. The van der Waals surface area contributed by atoms with Crippen LogP contribution in [0, 0.1) is 13.8 Å². The minimum atomic E-state index is -0.216. The number of aryl methyl sites for hydroxylation is 2. The highest BCUT2D eigenvalue weighted by Gasteiger charge is 2.14. The number of rotatable bonds is 6. The fourth-order valence-electron chi connectivity index (χ4n) is 2.75. The van der Waals surface area contributed by atoms with Crippen LogP contribution in [0.3, 0.4) is 0 Å². The Balaban J connectivity index is 1.58. The van der Waals surface area contributed by atoms with Crippen LogP contribution in [0.25, 0.3) is 5.65 Å². The van der Waals surface area contributed by atoms with Gasteiger partial charge in [0.05, 0.1) is 13.0 Å². The van der Waals surface area contributed by atoms with Crippen molar-refractivity contribution in [3.05, 3.63) is 62.1 Å². The van der Waals surface area contributed by atoms with E-state index >= 15 is 0 Å². The maximum absolute atomic E-state index is 12.2. The van der Waals surface area contributed by atoms with E-state index in [4.69, 9.17) is 4.74 Å². The molecule has 0 saturated carbocycles. The summed E-state index contributed by atoms with van der Waals surface area (Å²) in [6, 6.07) is 8.97. The van der Waals surface area contributed by atoms with Crippen molar-refractivity contribution >= 4 is 27.5 Å². The van der Waals surface area contributed by atoms with E-state index in [-0.39, 0.29) is 17.9 Å². The van der Waals surface area contributed by atoms with Crippen LogP contribution in [0.15, 0.2) is 39.6 Å². The maximum atomic E-state index is 12.2. The third-order valence-electron chi connectivity index (χ3n) is 4.03. The van der Waals surface area contributed by atoms with E-state index < -0.39 is 0 Å². The molecule has 3 rings (SSSR count). The molecule has 1 aromatic carbocycles. The number of amides is 1. The molecule has 8 heteroatoms. The van der Waals surface area contributed by atoms with Crippen molar-refractivity contribution in [1.29, 1.82) is 0 Å². The van der Waals surface area contributed by atoms with Crippen LogP contribution in [-0.2, 0) is 11.2 Å². The number of ether oxygens (including phenoxy) is 1. The van der Waals surface area contributed by atoms with Crippen LogP contribution >= 0.6 is 15.9 Å². The molecule has 0 bridgehead atoms. The zero-order valence-electron chi connectivity index (χ0n) is 14.5. The zero-order chi connectivity index (χ0) is 18.7. The molecular weight excluding hydrogens is 400 g/mol. The molecule has 136 valence electrons. The Morgan fingerprint density at radius 3 is 2.92 bits per heavy atom. The van der Waals surface area contributed by atoms with Crippen LogP contribution in [-0.4, -0.2) is 33.7 Å². The van der Waals surface area contributed by atoms with Crippen LogP contribution < -0.4 is 15.6 Å². The second-order valence-corrected chi connectivity index (χ2v) is 6.82.